The number of ether oxygens (including phenoxy) is 2. The molecule has 8 nitrogen and oxygen atoms in total. The van der Waals surface area contributed by atoms with Crippen molar-refractivity contribution < 1.29 is 14.3 Å². The van der Waals surface area contributed by atoms with Crippen molar-refractivity contribution in [1.82, 2.24) is 24.6 Å². The Morgan fingerprint density at radius 1 is 0.975 bits per heavy atom. The van der Waals surface area contributed by atoms with Crippen molar-refractivity contribution in [2.24, 2.45) is 0 Å². The maximum atomic E-state index is 13.5. The molecule has 0 fully saturated rings. The highest BCUT2D eigenvalue weighted by molar-refractivity contribution is 6.31. The highest BCUT2D eigenvalue weighted by atomic mass is 35.5. The van der Waals surface area contributed by atoms with Crippen LogP contribution >= 0.6 is 23.2 Å². The second-order valence-corrected chi connectivity index (χ2v) is 10.5. The van der Waals surface area contributed by atoms with E-state index in [0.29, 0.717) is 35.4 Å². The summed E-state index contributed by atoms with van der Waals surface area (Å²) in [6.07, 6.45) is 5.35. The number of hydrogen-bond donors (Lipinski definition) is 1. The van der Waals surface area contributed by atoms with Gasteiger partial charge in [-0.1, -0.05) is 35.3 Å². The molecule has 0 radical (unpaired) electrons. The summed E-state index contributed by atoms with van der Waals surface area (Å²) in [4.78, 5) is 22.7. The minimum Gasteiger partial charge on any atom is -0.494 e. The highest BCUT2D eigenvalue weighted by Gasteiger charge is 2.35. The first kappa shape index (κ1) is 26.2. The quantitative estimate of drug-likeness (QED) is 0.200. The number of halogens is 2. The lowest BCUT2D eigenvalue weighted by atomic mass is 9.92. The molecule has 1 aliphatic heterocycles. The Morgan fingerprint density at radius 3 is 2.52 bits per heavy atom. The molecule has 1 N–H and O–H groups in total. The third-order valence-electron chi connectivity index (χ3n) is 7.06. The molecule has 5 aromatic rings. The van der Waals surface area contributed by atoms with Gasteiger partial charge in [-0.15, -0.1) is 0 Å². The minimum absolute atomic E-state index is 0.369. The monoisotopic (exact) mass is 575 g/mol. The fourth-order valence-corrected chi connectivity index (χ4v) is 5.42. The van der Waals surface area contributed by atoms with Crippen molar-refractivity contribution in [2.75, 3.05) is 13.2 Å². The van der Waals surface area contributed by atoms with Crippen LogP contribution in [0.1, 0.15) is 35.7 Å². The van der Waals surface area contributed by atoms with Crippen LogP contribution in [0.25, 0.3) is 10.9 Å². The van der Waals surface area contributed by atoms with Gasteiger partial charge in [-0.2, -0.15) is 5.10 Å². The number of aromatic amines is 1. The number of aryl methyl sites for hydroxylation is 1. The average Bonchev–Trinajstić information content (AvgIpc) is 3.62. The number of aromatic nitrogens is 4. The Bertz CT molecular complexity index is 1600. The summed E-state index contributed by atoms with van der Waals surface area (Å²) in [5, 5.41) is 6.45. The largest absolute Gasteiger partial charge is 0.494 e. The predicted octanol–water partition coefficient (Wildman–Crippen LogP) is 7.07. The van der Waals surface area contributed by atoms with E-state index >= 15 is 0 Å². The molecule has 1 amide bonds. The zero-order valence-electron chi connectivity index (χ0n) is 21.6. The van der Waals surface area contributed by atoms with E-state index in [1.807, 2.05) is 47.1 Å². The molecule has 1 unspecified atom stereocenters. The fourth-order valence-electron chi connectivity index (χ4n) is 5.13. The number of rotatable bonds is 8. The maximum absolute atomic E-state index is 13.5. The molecule has 0 saturated carbocycles. The molecule has 0 spiro atoms. The van der Waals surface area contributed by atoms with E-state index in [1.165, 1.54) is 6.33 Å². The standard InChI is InChI=1S/C30H27Cl2N5O3/c31-21-5-10-24(11-6-21)40-30(38)37-15-13-25-26-17-22(32)7-12-27(26)35-28(25)29(37)20-3-8-23(9-4-20)39-16-2-1-14-36-19-33-18-34-36/h3-12,17-19,29,35H,1-2,13-16H2. The number of carbonyl (C=O) groups excluding carboxylic acids is 1. The lowest BCUT2D eigenvalue weighted by Crippen LogP contribution is -2.42. The molecule has 1 atom stereocenters. The van der Waals surface area contributed by atoms with Crippen LogP contribution in [0.3, 0.4) is 0 Å². The molecule has 1 aliphatic rings. The molecule has 204 valence electrons. The summed E-state index contributed by atoms with van der Waals surface area (Å²) < 4.78 is 13.5. The van der Waals surface area contributed by atoms with Crippen LogP contribution in [-0.4, -0.2) is 43.9 Å². The van der Waals surface area contributed by atoms with Crippen molar-refractivity contribution in [3.63, 3.8) is 0 Å². The second-order valence-electron chi connectivity index (χ2n) is 9.66. The van der Waals surface area contributed by atoms with Gasteiger partial charge in [0.1, 0.15) is 30.2 Å². The average molecular weight is 576 g/mol. The topological polar surface area (TPSA) is 85.3 Å². The summed E-state index contributed by atoms with van der Waals surface area (Å²) in [5.74, 6) is 1.22. The van der Waals surface area contributed by atoms with E-state index in [1.54, 1.807) is 35.5 Å². The van der Waals surface area contributed by atoms with Crippen LogP contribution in [-0.2, 0) is 13.0 Å². The normalized spacial score (nSPS) is 14.8. The molecule has 10 heteroatoms. The van der Waals surface area contributed by atoms with Gasteiger partial charge in [0.25, 0.3) is 0 Å². The molecular formula is C30H27Cl2N5O3. The first-order valence-corrected chi connectivity index (χ1v) is 13.9. The second kappa shape index (κ2) is 11.6. The van der Waals surface area contributed by atoms with Gasteiger partial charge in [-0.05, 0) is 85.0 Å². The molecule has 2 aromatic heterocycles. The van der Waals surface area contributed by atoms with Gasteiger partial charge in [-0.25, -0.2) is 9.78 Å². The lowest BCUT2D eigenvalue weighted by Gasteiger charge is -2.35. The van der Waals surface area contributed by atoms with Crippen LogP contribution < -0.4 is 9.47 Å². The van der Waals surface area contributed by atoms with Crippen LogP contribution in [0, 0.1) is 0 Å². The predicted molar refractivity (Wildman–Crippen MR) is 154 cm³/mol. The minimum atomic E-state index is -0.428. The third kappa shape index (κ3) is 5.64. The summed E-state index contributed by atoms with van der Waals surface area (Å²) in [6.45, 7) is 1.90. The molecular weight excluding hydrogens is 549 g/mol. The number of H-pyrrole nitrogens is 1. The fraction of sp³-hybridized carbons (Fsp3) is 0.233. The van der Waals surface area contributed by atoms with Gasteiger partial charge in [0.15, 0.2) is 0 Å². The summed E-state index contributed by atoms with van der Waals surface area (Å²) in [7, 11) is 0. The van der Waals surface area contributed by atoms with E-state index in [2.05, 4.69) is 15.1 Å². The smallest absolute Gasteiger partial charge is 0.416 e. The zero-order chi connectivity index (χ0) is 27.5. The number of unbranched alkanes of at least 4 members (excludes halogenated alkanes) is 1. The number of carbonyl (C=O) groups is 1. The van der Waals surface area contributed by atoms with Crippen molar-refractivity contribution >= 4 is 40.2 Å². The Kier molecular flexibility index (Phi) is 7.62. The Morgan fingerprint density at radius 2 is 1.75 bits per heavy atom. The number of nitrogens with zero attached hydrogens (tertiary/aromatic N) is 4. The van der Waals surface area contributed by atoms with E-state index in [0.717, 1.165) is 52.9 Å². The van der Waals surface area contributed by atoms with Crippen molar-refractivity contribution in [1.29, 1.82) is 0 Å². The third-order valence-corrected chi connectivity index (χ3v) is 7.54. The number of nitrogens with one attached hydrogen (secondary N) is 1. The molecule has 3 aromatic carbocycles. The van der Waals surface area contributed by atoms with Crippen LogP contribution in [0.15, 0.2) is 79.4 Å². The van der Waals surface area contributed by atoms with Gasteiger partial charge in [0.2, 0.25) is 0 Å². The van der Waals surface area contributed by atoms with Crippen LogP contribution in [0.2, 0.25) is 10.0 Å². The van der Waals surface area contributed by atoms with Crippen LogP contribution in [0.4, 0.5) is 4.79 Å². The van der Waals surface area contributed by atoms with E-state index in [-0.39, 0.29) is 6.04 Å². The Hall–Kier alpha value is -4.01. The first-order chi connectivity index (χ1) is 19.5. The van der Waals surface area contributed by atoms with Gasteiger partial charge >= 0.3 is 6.09 Å². The molecule has 0 bridgehead atoms. The Labute approximate surface area is 241 Å². The van der Waals surface area contributed by atoms with Crippen molar-refractivity contribution in [3.8, 4) is 11.5 Å². The van der Waals surface area contributed by atoms with Crippen LogP contribution in [0.5, 0.6) is 11.5 Å². The van der Waals surface area contributed by atoms with E-state index in [9.17, 15) is 4.79 Å². The maximum Gasteiger partial charge on any atom is 0.416 e. The van der Waals surface area contributed by atoms with E-state index in [4.69, 9.17) is 32.7 Å². The van der Waals surface area contributed by atoms with Gasteiger partial charge in [0.05, 0.1) is 6.61 Å². The number of amides is 1. The summed E-state index contributed by atoms with van der Waals surface area (Å²) in [5.41, 5.74) is 4.05. The molecule has 40 heavy (non-hydrogen) atoms. The van der Waals surface area contributed by atoms with E-state index < -0.39 is 6.09 Å². The lowest BCUT2D eigenvalue weighted by molar-refractivity contribution is 0.135. The molecule has 0 aliphatic carbocycles. The van der Waals surface area contributed by atoms with Gasteiger partial charge in [-0.3, -0.25) is 9.58 Å². The van der Waals surface area contributed by atoms with Gasteiger partial charge in [0, 0.05) is 39.7 Å². The zero-order valence-corrected chi connectivity index (χ0v) is 23.1. The SMILES string of the molecule is O=C(Oc1ccc(Cl)cc1)N1CCc2c([nH]c3ccc(Cl)cc23)C1c1ccc(OCCCCn2cncn2)cc1. The van der Waals surface area contributed by atoms with Gasteiger partial charge < -0.3 is 14.5 Å². The first-order valence-electron chi connectivity index (χ1n) is 13.1. The molecule has 6 rings (SSSR count). The molecule has 3 heterocycles. The highest BCUT2D eigenvalue weighted by Crippen LogP contribution is 2.40. The molecule has 0 saturated heterocycles. The Balaban J connectivity index is 1.22. The summed E-state index contributed by atoms with van der Waals surface area (Å²) in [6, 6.07) is 20.1. The number of hydrogen-bond acceptors (Lipinski definition) is 5. The number of fused-ring (bicyclic) bond motifs is 3. The van der Waals surface area contributed by atoms with Crippen molar-refractivity contribution in [2.45, 2.75) is 31.8 Å². The van der Waals surface area contributed by atoms with Crippen molar-refractivity contribution in [3.05, 3.63) is 106 Å². The number of benzene rings is 3. The summed E-state index contributed by atoms with van der Waals surface area (Å²) >= 11 is 12.3.